The Bertz CT molecular complexity index is 571. The summed E-state index contributed by atoms with van der Waals surface area (Å²) in [6, 6.07) is 3.37. The Kier molecular flexibility index (Phi) is 5.12. The van der Waals surface area contributed by atoms with Crippen LogP contribution in [0.2, 0.25) is 0 Å². The Hall–Kier alpha value is -1.18. The minimum absolute atomic E-state index is 0.126. The number of anilines is 1. The third-order valence-electron chi connectivity index (χ3n) is 2.78. The lowest BCUT2D eigenvalue weighted by Crippen LogP contribution is -2.35. The molecule has 0 aliphatic heterocycles. The summed E-state index contributed by atoms with van der Waals surface area (Å²) in [5, 5.41) is 17.8. The zero-order valence-electron chi connectivity index (χ0n) is 11.9. The number of aliphatic hydroxyl groups is 1. The van der Waals surface area contributed by atoms with Gasteiger partial charge in [0.1, 0.15) is 5.82 Å². The van der Waals surface area contributed by atoms with Crippen LogP contribution in [0.15, 0.2) is 23.1 Å². The highest BCUT2D eigenvalue weighted by molar-refractivity contribution is 7.89. The maximum Gasteiger partial charge on any atom is 0.238 e. The maximum atomic E-state index is 13.8. The number of hydrogen-bond donors (Lipinski definition) is 3. The fourth-order valence-corrected chi connectivity index (χ4v) is 2.58. The van der Waals surface area contributed by atoms with Crippen LogP contribution in [0.25, 0.3) is 0 Å². The molecule has 0 aliphatic carbocycles. The van der Waals surface area contributed by atoms with Crippen molar-refractivity contribution < 1.29 is 17.9 Å². The lowest BCUT2D eigenvalue weighted by Gasteiger charge is -2.26. The van der Waals surface area contributed by atoms with Crippen LogP contribution in [-0.2, 0) is 10.0 Å². The summed E-state index contributed by atoms with van der Waals surface area (Å²) in [7, 11) is -3.92. The minimum atomic E-state index is -3.92. The standard InChI is InChI=1S/C13H21FN2O3S/c1-9(2)7-13(3,17)8-16-12-5-4-10(6-11(12)14)20(15,18)19/h4-6,9,16-17H,7-8H2,1-3H3,(H2,15,18,19). The average Bonchev–Trinajstić information content (AvgIpc) is 2.24. The molecule has 0 aliphatic rings. The molecule has 0 spiro atoms. The number of sulfonamides is 1. The number of hydrogen-bond acceptors (Lipinski definition) is 4. The van der Waals surface area contributed by atoms with E-state index in [9.17, 15) is 17.9 Å². The molecule has 1 atom stereocenters. The Morgan fingerprint density at radius 3 is 2.50 bits per heavy atom. The number of benzene rings is 1. The molecule has 1 unspecified atom stereocenters. The number of halogens is 1. The van der Waals surface area contributed by atoms with Gasteiger partial charge in [0.25, 0.3) is 0 Å². The monoisotopic (exact) mass is 304 g/mol. The van der Waals surface area contributed by atoms with Crippen molar-refractivity contribution in [2.24, 2.45) is 11.1 Å². The fraction of sp³-hybridized carbons (Fsp3) is 0.538. The summed E-state index contributed by atoms with van der Waals surface area (Å²) in [5.74, 6) is -0.418. The lowest BCUT2D eigenvalue weighted by atomic mass is 9.94. The number of nitrogens with two attached hydrogens (primary N) is 1. The van der Waals surface area contributed by atoms with Crippen molar-refractivity contribution in [1.29, 1.82) is 0 Å². The molecule has 0 amide bonds. The maximum absolute atomic E-state index is 13.8. The zero-order chi connectivity index (χ0) is 15.6. The smallest absolute Gasteiger partial charge is 0.238 e. The molecule has 4 N–H and O–H groups in total. The van der Waals surface area contributed by atoms with Crippen molar-refractivity contribution in [3.8, 4) is 0 Å². The van der Waals surface area contributed by atoms with E-state index in [4.69, 9.17) is 5.14 Å². The number of rotatable bonds is 6. The second-order valence-electron chi connectivity index (χ2n) is 5.64. The van der Waals surface area contributed by atoms with Gasteiger partial charge in [-0.3, -0.25) is 0 Å². The highest BCUT2D eigenvalue weighted by atomic mass is 32.2. The molecule has 0 heterocycles. The molecule has 1 aromatic carbocycles. The molecule has 5 nitrogen and oxygen atoms in total. The molecule has 7 heteroatoms. The van der Waals surface area contributed by atoms with Gasteiger partial charge in [-0.15, -0.1) is 0 Å². The van der Waals surface area contributed by atoms with E-state index < -0.39 is 21.4 Å². The summed E-state index contributed by atoms with van der Waals surface area (Å²) >= 11 is 0. The van der Waals surface area contributed by atoms with E-state index in [-0.39, 0.29) is 17.1 Å². The van der Waals surface area contributed by atoms with E-state index >= 15 is 0 Å². The summed E-state index contributed by atoms with van der Waals surface area (Å²) in [4.78, 5) is -0.283. The summed E-state index contributed by atoms with van der Waals surface area (Å²) in [5.41, 5.74) is -0.847. The topological polar surface area (TPSA) is 92.4 Å². The predicted octanol–water partition coefficient (Wildman–Crippen LogP) is 1.68. The van der Waals surface area contributed by atoms with Crippen LogP contribution in [0, 0.1) is 11.7 Å². The van der Waals surface area contributed by atoms with Gasteiger partial charge >= 0.3 is 0 Å². The Morgan fingerprint density at radius 2 is 2.05 bits per heavy atom. The molecular formula is C13H21FN2O3S. The molecule has 1 aromatic rings. The summed E-state index contributed by atoms with van der Waals surface area (Å²) in [6.45, 7) is 5.79. The Balaban J connectivity index is 2.80. The molecule has 0 saturated heterocycles. The first-order chi connectivity index (χ1) is 9.01. The van der Waals surface area contributed by atoms with Gasteiger partial charge in [-0.1, -0.05) is 13.8 Å². The van der Waals surface area contributed by atoms with Gasteiger partial charge in [0.05, 0.1) is 16.2 Å². The molecule has 1 rings (SSSR count). The Morgan fingerprint density at radius 1 is 1.45 bits per heavy atom. The van der Waals surface area contributed by atoms with Crippen LogP contribution in [-0.4, -0.2) is 25.7 Å². The SMILES string of the molecule is CC(C)CC(C)(O)CNc1ccc(S(N)(=O)=O)cc1F. The fourth-order valence-electron chi connectivity index (χ4n) is 2.05. The van der Waals surface area contributed by atoms with Gasteiger partial charge in [0.2, 0.25) is 10.0 Å². The second kappa shape index (κ2) is 6.07. The van der Waals surface area contributed by atoms with Crippen LogP contribution in [0.1, 0.15) is 27.2 Å². The molecule has 114 valence electrons. The molecule has 0 bridgehead atoms. The molecule has 0 saturated carbocycles. The van der Waals surface area contributed by atoms with Crippen molar-refractivity contribution in [2.75, 3.05) is 11.9 Å². The van der Waals surface area contributed by atoms with E-state index in [2.05, 4.69) is 5.32 Å². The van der Waals surface area contributed by atoms with Crippen molar-refractivity contribution in [2.45, 2.75) is 37.7 Å². The van der Waals surface area contributed by atoms with Crippen molar-refractivity contribution >= 4 is 15.7 Å². The molecule has 0 fully saturated rings. The van der Waals surface area contributed by atoms with Crippen LogP contribution in [0.3, 0.4) is 0 Å². The van der Waals surface area contributed by atoms with E-state index in [1.54, 1.807) is 6.92 Å². The third-order valence-corrected chi connectivity index (χ3v) is 3.69. The predicted molar refractivity (Wildman–Crippen MR) is 76.3 cm³/mol. The van der Waals surface area contributed by atoms with Gasteiger partial charge in [0.15, 0.2) is 0 Å². The molecule has 0 aromatic heterocycles. The minimum Gasteiger partial charge on any atom is -0.388 e. The second-order valence-corrected chi connectivity index (χ2v) is 7.20. The van der Waals surface area contributed by atoms with Crippen molar-refractivity contribution in [3.63, 3.8) is 0 Å². The van der Waals surface area contributed by atoms with Gasteiger partial charge in [-0.25, -0.2) is 17.9 Å². The molecule has 0 radical (unpaired) electrons. The largest absolute Gasteiger partial charge is 0.388 e. The van der Waals surface area contributed by atoms with E-state index in [1.807, 2.05) is 13.8 Å². The van der Waals surface area contributed by atoms with E-state index in [0.29, 0.717) is 12.3 Å². The quantitative estimate of drug-likeness (QED) is 0.745. The molecule has 20 heavy (non-hydrogen) atoms. The van der Waals surface area contributed by atoms with Gasteiger partial charge in [0, 0.05) is 6.54 Å². The number of primary sulfonamides is 1. The number of nitrogens with one attached hydrogen (secondary N) is 1. The average molecular weight is 304 g/mol. The van der Waals surface area contributed by atoms with Crippen molar-refractivity contribution in [1.82, 2.24) is 0 Å². The molecular weight excluding hydrogens is 283 g/mol. The van der Waals surface area contributed by atoms with Gasteiger partial charge < -0.3 is 10.4 Å². The summed E-state index contributed by atoms with van der Waals surface area (Å²) in [6.07, 6.45) is 0.566. The lowest BCUT2D eigenvalue weighted by molar-refractivity contribution is 0.0515. The highest BCUT2D eigenvalue weighted by Crippen LogP contribution is 2.21. The van der Waals surface area contributed by atoms with E-state index in [1.165, 1.54) is 12.1 Å². The van der Waals surface area contributed by atoms with Crippen LogP contribution in [0.5, 0.6) is 0 Å². The van der Waals surface area contributed by atoms with E-state index in [0.717, 1.165) is 6.07 Å². The van der Waals surface area contributed by atoms with Crippen LogP contribution >= 0.6 is 0 Å². The van der Waals surface area contributed by atoms with Gasteiger partial charge in [-0.2, -0.15) is 0 Å². The first-order valence-electron chi connectivity index (χ1n) is 6.30. The zero-order valence-corrected chi connectivity index (χ0v) is 12.7. The van der Waals surface area contributed by atoms with Crippen molar-refractivity contribution in [3.05, 3.63) is 24.0 Å². The highest BCUT2D eigenvalue weighted by Gasteiger charge is 2.22. The Labute approximate surface area is 119 Å². The summed E-state index contributed by atoms with van der Waals surface area (Å²) < 4.78 is 35.9. The van der Waals surface area contributed by atoms with Crippen LogP contribution < -0.4 is 10.5 Å². The van der Waals surface area contributed by atoms with Crippen LogP contribution in [0.4, 0.5) is 10.1 Å². The third kappa shape index (κ3) is 5.07. The van der Waals surface area contributed by atoms with Gasteiger partial charge in [-0.05, 0) is 37.5 Å². The normalized spacial score (nSPS) is 15.2. The first kappa shape index (κ1) is 16.9. The first-order valence-corrected chi connectivity index (χ1v) is 7.84.